The molecule has 1 aliphatic rings. The number of hydrogen-bond acceptors (Lipinski definition) is 2. The van der Waals surface area contributed by atoms with E-state index in [4.69, 9.17) is 0 Å². The van der Waals surface area contributed by atoms with Gasteiger partial charge < -0.3 is 0 Å². The van der Waals surface area contributed by atoms with Crippen LogP contribution in [-0.4, -0.2) is 23.8 Å². The van der Waals surface area contributed by atoms with Gasteiger partial charge in [0.25, 0.3) is 0 Å². The number of imide groups is 1. The van der Waals surface area contributed by atoms with Gasteiger partial charge in [0.2, 0.25) is 11.8 Å². The van der Waals surface area contributed by atoms with Crippen molar-refractivity contribution in [3.8, 4) is 0 Å². The Morgan fingerprint density at radius 3 is 1.91 bits per heavy atom. The molecule has 1 saturated heterocycles. The third-order valence-corrected chi connectivity index (χ3v) is 2.64. The van der Waals surface area contributed by atoms with E-state index in [-0.39, 0.29) is 17.7 Å². The minimum Gasteiger partial charge on any atom is -0.285 e. The Kier molecular flexibility index (Phi) is 1.54. The van der Waals surface area contributed by atoms with Crippen LogP contribution in [0.1, 0.15) is 20.8 Å². The molecule has 0 aliphatic carbocycles. The van der Waals surface area contributed by atoms with Gasteiger partial charge in [-0.2, -0.15) is 0 Å². The van der Waals surface area contributed by atoms with Crippen molar-refractivity contribution >= 4 is 11.8 Å². The molecular formula is C8H13NO2. The zero-order chi connectivity index (χ0) is 8.81. The summed E-state index contributed by atoms with van der Waals surface area (Å²) in [5, 5.41) is 0. The van der Waals surface area contributed by atoms with Gasteiger partial charge in [0, 0.05) is 13.0 Å². The lowest BCUT2D eigenvalue weighted by atomic mass is 9.82. The molecular weight excluding hydrogens is 142 g/mol. The minimum absolute atomic E-state index is 0.0694. The lowest BCUT2D eigenvalue weighted by Crippen LogP contribution is -2.29. The monoisotopic (exact) mass is 155 g/mol. The molecule has 1 atom stereocenters. The van der Waals surface area contributed by atoms with E-state index in [1.165, 1.54) is 11.9 Å². The van der Waals surface area contributed by atoms with Crippen molar-refractivity contribution in [1.82, 2.24) is 4.90 Å². The standard InChI is InChI=1S/C8H13NO2/c1-5-6(10)9(4)7(11)8(5,2)3/h5H,1-4H3. The van der Waals surface area contributed by atoms with Crippen LogP contribution in [0.15, 0.2) is 0 Å². The van der Waals surface area contributed by atoms with Crippen LogP contribution in [0.3, 0.4) is 0 Å². The highest BCUT2D eigenvalue weighted by Crippen LogP contribution is 2.35. The molecule has 0 aromatic carbocycles. The first-order valence-electron chi connectivity index (χ1n) is 3.71. The van der Waals surface area contributed by atoms with Gasteiger partial charge in [-0.25, -0.2) is 0 Å². The van der Waals surface area contributed by atoms with Gasteiger partial charge >= 0.3 is 0 Å². The number of amides is 2. The van der Waals surface area contributed by atoms with Crippen LogP contribution in [0.4, 0.5) is 0 Å². The smallest absolute Gasteiger partial charge is 0.235 e. The Labute approximate surface area is 66.4 Å². The number of carbonyl (C=O) groups is 2. The number of nitrogens with zero attached hydrogens (tertiary/aromatic N) is 1. The van der Waals surface area contributed by atoms with Gasteiger partial charge in [0.05, 0.1) is 5.41 Å². The van der Waals surface area contributed by atoms with Gasteiger partial charge in [0.1, 0.15) is 0 Å². The maximum atomic E-state index is 11.4. The van der Waals surface area contributed by atoms with Crippen molar-refractivity contribution in [1.29, 1.82) is 0 Å². The molecule has 0 aromatic rings. The van der Waals surface area contributed by atoms with Crippen molar-refractivity contribution in [3.05, 3.63) is 0 Å². The van der Waals surface area contributed by atoms with Crippen molar-refractivity contribution in [3.63, 3.8) is 0 Å². The predicted octanol–water partition coefficient (Wildman–Crippen LogP) is 0.647. The number of likely N-dealkylation sites (tertiary alicyclic amines) is 1. The topological polar surface area (TPSA) is 37.4 Å². The summed E-state index contributed by atoms with van der Waals surface area (Å²) in [6, 6.07) is 0. The minimum atomic E-state index is -0.508. The lowest BCUT2D eigenvalue weighted by Gasteiger charge is -2.17. The van der Waals surface area contributed by atoms with E-state index in [1.807, 2.05) is 0 Å². The third kappa shape index (κ3) is 0.870. The summed E-state index contributed by atoms with van der Waals surface area (Å²) in [6.45, 7) is 5.41. The zero-order valence-corrected chi connectivity index (χ0v) is 7.34. The number of hydrogen-bond donors (Lipinski definition) is 0. The van der Waals surface area contributed by atoms with Crippen LogP contribution in [0.2, 0.25) is 0 Å². The van der Waals surface area contributed by atoms with Crippen LogP contribution in [0.5, 0.6) is 0 Å². The second-order valence-electron chi connectivity index (χ2n) is 3.65. The summed E-state index contributed by atoms with van der Waals surface area (Å²) in [6.07, 6.45) is 0. The molecule has 1 rings (SSSR count). The molecule has 0 aromatic heterocycles. The Morgan fingerprint density at radius 1 is 1.36 bits per heavy atom. The molecule has 62 valence electrons. The summed E-state index contributed by atoms with van der Waals surface area (Å²) in [7, 11) is 1.54. The maximum absolute atomic E-state index is 11.4. The highest BCUT2D eigenvalue weighted by atomic mass is 16.2. The Hall–Kier alpha value is -0.860. The van der Waals surface area contributed by atoms with Crippen molar-refractivity contribution < 1.29 is 9.59 Å². The van der Waals surface area contributed by atoms with Crippen molar-refractivity contribution in [2.75, 3.05) is 7.05 Å². The average molecular weight is 155 g/mol. The molecule has 0 spiro atoms. The molecule has 1 unspecified atom stereocenters. The second-order valence-corrected chi connectivity index (χ2v) is 3.65. The largest absolute Gasteiger partial charge is 0.285 e. The first-order chi connectivity index (χ1) is 4.89. The average Bonchev–Trinajstić information content (AvgIpc) is 2.06. The number of rotatable bonds is 0. The van der Waals surface area contributed by atoms with Gasteiger partial charge in [0.15, 0.2) is 0 Å². The molecule has 0 N–H and O–H groups in total. The van der Waals surface area contributed by atoms with E-state index in [0.29, 0.717) is 0 Å². The fraction of sp³-hybridized carbons (Fsp3) is 0.750. The van der Waals surface area contributed by atoms with Crippen molar-refractivity contribution in [2.24, 2.45) is 11.3 Å². The van der Waals surface area contributed by atoms with Crippen LogP contribution in [0.25, 0.3) is 0 Å². The summed E-state index contributed by atoms with van der Waals surface area (Å²) in [4.78, 5) is 23.8. The van der Waals surface area contributed by atoms with E-state index < -0.39 is 5.41 Å². The van der Waals surface area contributed by atoms with E-state index in [0.717, 1.165) is 0 Å². The second kappa shape index (κ2) is 2.06. The fourth-order valence-corrected chi connectivity index (χ4v) is 1.32. The molecule has 0 saturated carbocycles. The normalized spacial score (nSPS) is 29.8. The quantitative estimate of drug-likeness (QED) is 0.481. The molecule has 3 heteroatoms. The molecule has 1 heterocycles. The fourth-order valence-electron chi connectivity index (χ4n) is 1.32. The first kappa shape index (κ1) is 8.24. The Morgan fingerprint density at radius 2 is 1.82 bits per heavy atom. The van der Waals surface area contributed by atoms with E-state index in [2.05, 4.69) is 0 Å². The van der Waals surface area contributed by atoms with Crippen LogP contribution >= 0.6 is 0 Å². The molecule has 0 bridgehead atoms. The number of carbonyl (C=O) groups excluding carboxylic acids is 2. The Balaban J connectivity index is 3.06. The summed E-state index contributed by atoms with van der Waals surface area (Å²) in [5.41, 5.74) is -0.508. The summed E-state index contributed by atoms with van der Waals surface area (Å²) in [5.74, 6) is -0.324. The Bertz CT molecular complexity index is 220. The van der Waals surface area contributed by atoms with Crippen LogP contribution in [-0.2, 0) is 9.59 Å². The SMILES string of the molecule is CC1C(=O)N(C)C(=O)C1(C)C. The van der Waals surface area contributed by atoms with Gasteiger partial charge in [-0.15, -0.1) is 0 Å². The van der Waals surface area contributed by atoms with Gasteiger partial charge in [-0.3, -0.25) is 14.5 Å². The maximum Gasteiger partial charge on any atom is 0.235 e. The summed E-state index contributed by atoms with van der Waals surface area (Å²) < 4.78 is 0. The zero-order valence-electron chi connectivity index (χ0n) is 7.34. The van der Waals surface area contributed by atoms with E-state index in [1.54, 1.807) is 20.8 Å². The predicted molar refractivity (Wildman–Crippen MR) is 40.7 cm³/mol. The van der Waals surface area contributed by atoms with E-state index >= 15 is 0 Å². The molecule has 11 heavy (non-hydrogen) atoms. The molecule has 1 aliphatic heterocycles. The lowest BCUT2D eigenvalue weighted by molar-refractivity contribution is -0.139. The van der Waals surface area contributed by atoms with Gasteiger partial charge in [-0.05, 0) is 0 Å². The van der Waals surface area contributed by atoms with Gasteiger partial charge in [-0.1, -0.05) is 20.8 Å². The molecule has 2 amide bonds. The third-order valence-electron chi connectivity index (χ3n) is 2.64. The molecule has 1 fully saturated rings. The first-order valence-corrected chi connectivity index (χ1v) is 3.71. The molecule has 3 nitrogen and oxygen atoms in total. The van der Waals surface area contributed by atoms with E-state index in [9.17, 15) is 9.59 Å². The van der Waals surface area contributed by atoms with Crippen molar-refractivity contribution in [2.45, 2.75) is 20.8 Å². The summed E-state index contributed by atoms with van der Waals surface area (Å²) >= 11 is 0. The highest BCUT2D eigenvalue weighted by Gasteiger charge is 2.49. The molecule has 0 radical (unpaired) electrons. The highest BCUT2D eigenvalue weighted by molar-refractivity contribution is 6.06. The van der Waals surface area contributed by atoms with Crippen LogP contribution < -0.4 is 0 Å². The van der Waals surface area contributed by atoms with Crippen LogP contribution in [0, 0.1) is 11.3 Å².